The van der Waals surface area contributed by atoms with Gasteiger partial charge in [0.1, 0.15) is 0 Å². The van der Waals surface area contributed by atoms with Crippen LogP contribution in [0.2, 0.25) is 0 Å². The Morgan fingerprint density at radius 3 is 1.47 bits per heavy atom. The van der Waals surface area contributed by atoms with Gasteiger partial charge in [0.15, 0.2) is 0 Å². The first kappa shape index (κ1) is 10.5. The highest BCUT2D eigenvalue weighted by molar-refractivity contribution is 5.22. The third kappa shape index (κ3) is 2.25. The summed E-state index contributed by atoms with van der Waals surface area (Å²) in [5.74, 6) is 0. The lowest BCUT2D eigenvalue weighted by molar-refractivity contribution is 0.0441. The second-order valence-electron chi connectivity index (χ2n) is 4.51. The van der Waals surface area contributed by atoms with Crippen molar-refractivity contribution in [2.45, 2.75) is 25.0 Å². The van der Waals surface area contributed by atoms with Crippen molar-refractivity contribution >= 4 is 0 Å². The molecule has 1 saturated heterocycles. The quantitative estimate of drug-likeness (QED) is 0.739. The van der Waals surface area contributed by atoms with Crippen LogP contribution in [0, 0.1) is 0 Å². The molecule has 1 heteroatoms. The predicted molar refractivity (Wildman–Crippen MR) is 68.7 cm³/mol. The van der Waals surface area contributed by atoms with Crippen molar-refractivity contribution in [1.29, 1.82) is 0 Å². The van der Waals surface area contributed by atoms with Crippen LogP contribution in [0.15, 0.2) is 60.7 Å². The average Bonchev–Trinajstić information content (AvgIpc) is 2.90. The van der Waals surface area contributed by atoms with Crippen LogP contribution in [0.3, 0.4) is 0 Å². The first-order valence-electron chi connectivity index (χ1n) is 6.19. The molecule has 0 bridgehead atoms. The van der Waals surface area contributed by atoms with E-state index < -0.39 is 0 Å². The fraction of sp³-hybridized carbons (Fsp3) is 0.250. The normalized spacial score (nSPS) is 23.8. The molecule has 1 heterocycles. The number of hydrogen-bond acceptors (Lipinski definition) is 1. The summed E-state index contributed by atoms with van der Waals surface area (Å²) in [7, 11) is 0. The molecule has 0 aliphatic carbocycles. The van der Waals surface area contributed by atoms with Gasteiger partial charge in [-0.15, -0.1) is 0 Å². The molecular formula is C16H16O. The maximum Gasteiger partial charge on any atom is 0.0834 e. The van der Waals surface area contributed by atoms with E-state index in [9.17, 15) is 0 Å². The van der Waals surface area contributed by atoms with Gasteiger partial charge in [0, 0.05) is 0 Å². The summed E-state index contributed by atoms with van der Waals surface area (Å²) >= 11 is 0. The molecule has 0 spiro atoms. The molecule has 0 saturated carbocycles. The molecule has 0 unspecified atom stereocenters. The van der Waals surface area contributed by atoms with E-state index in [0.29, 0.717) is 0 Å². The highest BCUT2D eigenvalue weighted by atomic mass is 16.5. The molecule has 1 nitrogen and oxygen atoms in total. The fourth-order valence-electron chi connectivity index (χ4n) is 2.46. The van der Waals surface area contributed by atoms with Crippen LogP contribution in [0.5, 0.6) is 0 Å². The Morgan fingerprint density at radius 1 is 0.647 bits per heavy atom. The highest BCUT2D eigenvalue weighted by Crippen LogP contribution is 2.40. The van der Waals surface area contributed by atoms with Crippen molar-refractivity contribution in [1.82, 2.24) is 0 Å². The summed E-state index contributed by atoms with van der Waals surface area (Å²) in [6.45, 7) is 0. The topological polar surface area (TPSA) is 9.23 Å². The second kappa shape index (κ2) is 4.72. The van der Waals surface area contributed by atoms with Crippen molar-refractivity contribution in [3.05, 3.63) is 71.8 Å². The Kier molecular flexibility index (Phi) is 2.93. The van der Waals surface area contributed by atoms with E-state index in [-0.39, 0.29) is 12.2 Å². The molecular weight excluding hydrogens is 208 g/mol. The molecule has 0 N–H and O–H groups in total. The highest BCUT2D eigenvalue weighted by Gasteiger charge is 2.27. The van der Waals surface area contributed by atoms with E-state index >= 15 is 0 Å². The van der Waals surface area contributed by atoms with Crippen molar-refractivity contribution in [2.75, 3.05) is 0 Å². The Labute approximate surface area is 102 Å². The molecule has 1 aliphatic heterocycles. The van der Waals surface area contributed by atoms with Crippen LogP contribution in [0.25, 0.3) is 0 Å². The fourth-order valence-corrected chi connectivity index (χ4v) is 2.46. The third-order valence-corrected chi connectivity index (χ3v) is 3.36. The van der Waals surface area contributed by atoms with E-state index in [1.807, 2.05) is 12.1 Å². The van der Waals surface area contributed by atoms with Crippen molar-refractivity contribution < 1.29 is 4.74 Å². The summed E-state index contributed by atoms with van der Waals surface area (Å²) in [5.41, 5.74) is 2.59. The Hall–Kier alpha value is -1.60. The Balaban J connectivity index is 1.75. The van der Waals surface area contributed by atoms with Gasteiger partial charge in [-0.1, -0.05) is 60.7 Å². The van der Waals surface area contributed by atoms with Crippen molar-refractivity contribution in [3.8, 4) is 0 Å². The monoisotopic (exact) mass is 224 g/mol. The lowest BCUT2D eigenvalue weighted by Crippen LogP contribution is -1.99. The van der Waals surface area contributed by atoms with Gasteiger partial charge in [0.2, 0.25) is 0 Å². The standard InChI is InChI=1S/C16H16O/c1-3-7-13(8-4-1)15-11-12-16(17-15)14-9-5-2-6-10-14/h1-10,15-16H,11-12H2/t15-,16-/m1/s1. The van der Waals surface area contributed by atoms with Gasteiger partial charge in [0.25, 0.3) is 0 Å². The number of benzene rings is 2. The van der Waals surface area contributed by atoms with Crippen molar-refractivity contribution in [3.63, 3.8) is 0 Å². The van der Waals surface area contributed by atoms with Crippen LogP contribution in [0.1, 0.15) is 36.2 Å². The first-order chi connectivity index (χ1) is 8.43. The molecule has 2 aromatic carbocycles. The summed E-state index contributed by atoms with van der Waals surface area (Å²) < 4.78 is 6.13. The molecule has 0 aromatic heterocycles. The lowest BCUT2D eigenvalue weighted by Gasteiger charge is -2.14. The van der Waals surface area contributed by atoms with Gasteiger partial charge < -0.3 is 4.74 Å². The van der Waals surface area contributed by atoms with Gasteiger partial charge in [-0.25, -0.2) is 0 Å². The van der Waals surface area contributed by atoms with Crippen molar-refractivity contribution in [2.24, 2.45) is 0 Å². The zero-order valence-corrected chi connectivity index (χ0v) is 9.75. The first-order valence-corrected chi connectivity index (χ1v) is 6.19. The molecule has 1 fully saturated rings. The second-order valence-corrected chi connectivity index (χ2v) is 4.51. The van der Waals surface area contributed by atoms with Gasteiger partial charge in [-0.05, 0) is 24.0 Å². The predicted octanol–water partition coefficient (Wildman–Crippen LogP) is 4.28. The summed E-state index contributed by atoms with van der Waals surface area (Å²) in [6, 6.07) is 21.0. The summed E-state index contributed by atoms with van der Waals surface area (Å²) in [5, 5.41) is 0. The Morgan fingerprint density at radius 2 is 1.06 bits per heavy atom. The zero-order valence-electron chi connectivity index (χ0n) is 9.75. The van der Waals surface area contributed by atoms with E-state index in [1.165, 1.54) is 11.1 Å². The summed E-state index contributed by atoms with van der Waals surface area (Å²) in [4.78, 5) is 0. The molecule has 2 atom stereocenters. The van der Waals surface area contributed by atoms with Gasteiger partial charge in [0.05, 0.1) is 12.2 Å². The minimum Gasteiger partial charge on any atom is -0.366 e. The molecule has 1 aliphatic rings. The van der Waals surface area contributed by atoms with E-state index in [1.54, 1.807) is 0 Å². The summed E-state index contributed by atoms with van der Waals surface area (Å²) in [6.07, 6.45) is 2.76. The van der Waals surface area contributed by atoms with Crippen LogP contribution in [0.4, 0.5) is 0 Å². The number of ether oxygens (including phenoxy) is 1. The lowest BCUT2D eigenvalue weighted by atomic mass is 10.0. The number of hydrogen-bond donors (Lipinski definition) is 0. The van der Waals surface area contributed by atoms with Crippen LogP contribution in [-0.4, -0.2) is 0 Å². The zero-order chi connectivity index (χ0) is 11.5. The molecule has 86 valence electrons. The smallest absolute Gasteiger partial charge is 0.0834 e. The van der Waals surface area contributed by atoms with Crippen LogP contribution < -0.4 is 0 Å². The van der Waals surface area contributed by atoms with E-state index in [4.69, 9.17) is 4.74 Å². The van der Waals surface area contributed by atoms with Gasteiger partial charge in [-0.2, -0.15) is 0 Å². The van der Waals surface area contributed by atoms with Gasteiger partial charge >= 0.3 is 0 Å². The van der Waals surface area contributed by atoms with E-state index in [2.05, 4.69) is 48.5 Å². The number of rotatable bonds is 2. The van der Waals surface area contributed by atoms with Crippen LogP contribution >= 0.6 is 0 Å². The maximum absolute atomic E-state index is 6.13. The third-order valence-electron chi connectivity index (χ3n) is 3.36. The molecule has 3 rings (SSSR count). The minimum atomic E-state index is 0.265. The molecule has 0 radical (unpaired) electrons. The average molecular weight is 224 g/mol. The largest absolute Gasteiger partial charge is 0.366 e. The molecule has 17 heavy (non-hydrogen) atoms. The minimum absolute atomic E-state index is 0.265. The van der Waals surface area contributed by atoms with E-state index in [0.717, 1.165) is 12.8 Å². The maximum atomic E-state index is 6.13. The Bertz CT molecular complexity index is 418. The van der Waals surface area contributed by atoms with Gasteiger partial charge in [-0.3, -0.25) is 0 Å². The SMILES string of the molecule is c1ccc([C@H]2CC[C@H](c3ccccc3)O2)cc1. The van der Waals surface area contributed by atoms with Crippen LogP contribution in [-0.2, 0) is 4.74 Å². The molecule has 0 amide bonds. The molecule has 2 aromatic rings.